The first-order valence-corrected chi connectivity index (χ1v) is 5.92. The Morgan fingerprint density at radius 3 is 2.72 bits per heavy atom. The van der Waals surface area contributed by atoms with Gasteiger partial charge < -0.3 is 10.2 Å². The molecule has 0 aromatic carbocycles. The minimum atomic E-state index is -4.18. The van der Waals surface area contributed by atoms with Crippen molar-refractivity contribution in [3.8, 4) is 0 Å². The predicted molar refractivity (Wildman–Crippen MR) is 63.4 cm³/mol. The molecule has 1 aliphatic carbocycles. The number of nitrogens with one attached hydrogen (secondary N) is 1. The van der Waals surface area contributed by atoms with E-state index in [0.29, 0.717) is 12.2 Å². The van der Waals surface area contributed by atoms with Crippen molar-refractivity contribution in [2.24, 2.45) is 0 Å². The molecule has 0 saturated heterocycles. The van der Waals surface area contributed by atoms with Crippen LogP contribution in [0.4, 0.5) is 18.9 Å². The van der Waals surface area contributed by atoms with E-state index >= 15 is 0 Å². The summed E-state index contributed by atoms with van der Waals surface area (Å²) >= 11 is 0. The minimum absolute atomic E-state index is 0.0182. The van der Waals surface area contributed by atoms with E-state index in [1.54, 1.807) is 25.5 Å². The van der Waals surface area contributed by atoms with Gasteiger partial charge in [0.1, 0.15) is 6.54 Å². The Morgan fingerprint density at radius 2 is 2.17 bits per heavy atom. The van der Waals surface area contributed by atoms with Crippen molar-refractivity contribution < 1.29 is 13.2 Å². The molecule has 0 unspecified atom stereocenters. The fraction of sp³-hybridized carbons (Fsp3) is 0.583. The quantitative estimate of drug-likeness (QED) is 0.879. The number of alkyl halides is 3. The summed E-state index contributed by atoms with van der Waals surface area (Å²) in [7, 11) is 1.77. The number of rotatable bonds is 5. The van der Waals surface area contributed by atoms with Crippen LogP contribution in [0, 0.1) is 0 Å². The van der Waals surface area contributed by atoms with Crippen LogP contribution in [0.2, 0.25) is 0 Å². The lowest BCUT2D eigenvalue weighted by atomic mass is 10.2. The number of hydrogen-bond donors (Lipinski definition) is 1. The Kier molecular flexibility index (Phi) is 3.75. The second-order valence-electron chi connectivity index (χ2n) is 4.51. The Hall–Kier alpha value is -1.30. The molecule has 3 nitrogen and oxygen atoms in total. The highest BCUT2D eigenvalue weighted by Gasteiger charge is 2.38. The topological polar surface area (TPSA) is 28.2 Å². The molecule has 1 aromatic rings. The van der Waals surface area contributed by atoms with Gasteiger partial charge in [-0.05, 0) is 26.0 Å². The van der Waals surface area contributed by atoms with Gasteiger partial charge in [-0.15, -0.1) is 0 Å². The summed E-state index contributed by atoms with van der Waals surface area (Å²) in [6.45, 7) is -0.372. The van der Waals surface area contributed by atoms with Gasteiger partial charge in [-0.25, -0.2) is 0 Å². The lowest BCUT2D eigenvalue weighted by molar-refractivity contribution is -0.120. The molecule has 0 bridgehead atoms. The van der Waals surface area contributed by atoms with Gasteiger partial charge in [0, 0.05) is 36.2 Å². The summed E-state index contributed by atoms with van der Waals surface area (Å²) in [6, 6.07) is 1.68. The van der Waals surface area contributed by atoms with Crippen molar-refractivity contribution in [2.75, 3.05) is 18.5 Å². The third kappa shape index (κ3) is 3.35. The summed E-state index contributed by atoms with van der Waals surface area (Å²) in [6.07, 6.45) is 0.648. The van der Waals surface area contributed by atoms with Crippen molar-refractivity contribution in [1.29, 1.82) is 0 Å². The van der Waals surface area contributed by atoms with Crippen LogP contribution in [0.1, 0.15) is 18.4 Å². The highest BCUT2D eigenvalue weighted by atomic mass is 19.4. The molecule has 2 rings (SSSR count). The van der Waals surface area contributed by atoms with Gasteiger partial charge in [-0.2, -0.15) is 13.2 Å². The van der Waals surface area contributed by atoms with Crippen LogP contribution in [0.15, 0.2) is 18.5 Å². The second-order valence-corrected chi connectivity index (χ2v) is 4.51. The normalized spacial score (nSPS) is 15.8. The average molecular weight is 259 g/mol. The number of hydrogen-bond acceptors (Lipinski definition) is 3. The highest BCUT2D eigenvalue weighted by molar-refractivity contribution is 5.54. The number of aromatic nitrogens is 1. The maximum absolute atomic E-state index is 12.6. The highest BCUT2D eigenvalue weighted by Crippen LogP contribution is 2.35. The molecule has 1 saturated carbocycles. The molecule has 1 aromatic heterocycles. The number of anilines is 1. The molecule has 0 aliphatic heterocycles. The van der Waals surface area contributed by atoms with Gasteiger partial charge in [0.25, 0.3) is 0 Å². The van der Waals surface area contributed by atoms with Gasteiger partial charge in [0.15, 0.2) is 0 Å². The van der Waals surface area contributed by atoms with Crippen LogP contribution >= 0.6 is 0 Å². The van der Waals surface area contributed by atoms with Crippen molar-refractivity contribution >= 4 is 5.69 Å². The van der Waals surface area contributed by atoms with E-state index in [0.717, 1.165) is 18.4 Å². The van der Waals surface area contributed by atoms with Gasteiger partial charge in [-0.1, -0.05) is 0 Å². The molecule has 1 aliphatic rings. The zero-order valence-electron chi connectivity index (χ0n) is 10.2. The molecule has 1 heterocycles. The average Bonchev–Trinajstić information content (AvgIpc) is 3.10. The predicted octanol–water partition coefficient (Wildman–Crippen LogP) is 2.33. The molecule has 1 fully saturated rings. The van der Waals surface area contributed by atoms with Crippen LogP contribution < -0.4 is 10.2 Å². The second kappa shape index (κ2) is 5.14. The zero-order valence-corrected chi connectivity index (χ0v) is 10.2. The first kappa shape index (κ1) is 13.1. The van der Waals surface area contributed by atoms with Crippen molar-refractivity contribution in [3.63, 3.8) is 0 Å². The maximum Gasteiger partial charge on any atom is 0.405 e. The van der Waals surface area contributed by atoms with Crippen LogP contribution in [-0.2, 0) is 6.54 Å². The number of halogens is 3. The molecular formula is C12H16F3N3. The Bertz CT molecular complexity index is 402. The summed E-state index contributed by atoms with van der Waals surface area (Å²) < 4.78 is 37.9. The molecule has 0 radical (unpaired) electrons. The minimum Gasteiger partial charge on any atom is -0.359 e. The summed E-state index contributed by atoms with van der Waals surface area (Å²) in [5.41, 5.74) is 1.44. The fourth-order valence-corrected chi connectivity index (χ4v) is 2.02. The SMILES string of the molecule is CNCc1cnccc1N(CC(F)(F)F)C1CC1. The molecule has 0 amide bonds. The molecule has 18 heavy (non-hydrogen) atoms. The number of pyridine rings is 1. The molecule has 0 spiro atoms. The Labute approximate surface area is 104 Å². The summed E-state index contributed by atoms with van der Waals surface area (Å²) in [5.74, 6) is 0. The fourth-order valence-electron chi connectivity index (χ4n) is 2.02. The number of nitrogens with zero attached hydrogens (tertiary/aromatic N) is 2. The largest absolute Gasteiger partial charge is 0.405 e. The zero-order chi connectivity index (χ0) is 13.2. The third-order valence-corrected chi connectivity index (χ3v) is 2.89. The van der Waals surface area contributed by atoms with E-state index in [9.17, 15) is 13.2 Å². The van der Waals surface area contributed by atoms with Crippen molar-refractivity contribution in [3.05, 3.63) is 24.0 Å². The molecule has 0 atom stereocenters. The molecular weight excluding hydrogens is 243 g/mol. The van der Waals surface area contributed by atoms with Crippen molar-refractivity contribution in [2.45, 2.75) is 31.6 Å². The van der Waals surface area contributed by atoms with Gasteiger partial charge in [-0.3, -0.25) is 4.98 Å². The van der Waals surface area contributed by atoms with Crippen LogP contribution in [-0.4, -0.2) is 30.8 Å². The van der Waals surface area contributed by atoms with Crippen molar-refractivity contribution in [1.82, 2.24) is 10.3 Å². The summed E-state index contributed by atoms with van der Waals surface area (Å²) in [4.78, 5) is 5.43. The van der Waals surface area contributed by atoms with E-state index in [2.05, 4.69) is 10.3 Å². The van der Waals surface area contributed by atoms with Crippen LogP contribution in [0.5, 0.6) is 0 Å². The lowest BCUT2D eigenvalue weighted by Gasteiger charge is -2.27. The first-order valence-electron chi connectivity index (χ1n) is 5.92. The Balaban J connectivity index is 2.24. The van der Waals surface area contributed by atoms with E-state index in [1.807, 2.05) is 0 Å². The lowest BCUT2D eigenvalue weighted by Crippen LogP contribution is -2.36. The van der Waals surface area contributed by atoms with Gasteiger partial charge in [0.05, 0.1) is 0 Å². The molecule has 6 heteroatoms. The monoisotopic (exact) mass is 259 g/mol. The summed E-state index contributed by atoms with van der Waals surface area (Å²) in [5, 5.41) is 2.95. The standard InChI is InChI=1S/C12H16F3N3/c1-16-6-9-7-17-5-4-11(9)18(10-2-3-10)8-12(13,14)15/h4-5,7,10,16H,2-3,6,8H2,1H3. The van der Waals surface area contributed by atoms with Gasteiger partial charge in [0.2, 0.25) is 0 Å². The van der Waals surface area contributed by atoms with E-state index in [1.165, 1.54) is 4.90 Å². The van der Waals surface area contributed by atoms with Gasteiger partial charge >= 0.3 is 6.18 Å². The Morgan fingerprint density at radius 1 is 1.44 bits per heavy atom. The van der Waals surface area contributed by atoms with Crippen LogP contribution in [0.3, 0.4) is 0 Å². The van der Waals surface area contributed by atoms with E-state index in [4.69, 9.17) is 0 Å². The van der Waals surface area contributed by atoms with E-state index in [-0.39, 0.29) is 6.04 Å². The molecule has 1 N–H and O–H groups in total. The van der Waals surface area contributed by atoms with Crippen LogP contribution in [0.25, 0.3) is 0 Å². The first-order chi connectivity index (χ1) is 8.51. The third-order valence-electron chi connectivity index (χ3n) is 2.89. The van der Waals surface area contributed by atoms with E-state index < -0.39 is 12.7 Å². The smallest absolute Gasteiger partial charge is 0.359 e. The molecule has 100 valence electrons. The maximum atomic E-state index is 12.6.